The second-order valence-corrected chi connectivity index (χ2v) is 9.04. The lowest BCUT2D eigenvalue weighted by atomic mass is 10.2. The summed E-state index contributed by atoms with van der Waals surface area (Å²) in [7, 11) is 0.580. The number of fused-ring (bicyclic) bond motifs is 1. The van der Waals surface area contributed by atoms with Crippen molar-refractivity contribution in [3.05, 3.63) is 48.3 Å². The fourth-order valence-corrected chi connectivity index (χ4v) is 3.66. The number of rotatable bonds is 7. The molecule has 8 heteroatoms. The zero-order valence-electron chi connectivity index (χ0n) is 16.2. The number of hydrogen-bond donors (Lipinski definition) is 2. The number of nitrogens with zero attached hydrogens (tertiary/aromatic N) is 3. The van der Waals surface area contributed by atoms with Crippen LogP contribution in [0.15, 0.2) is 47.4 Å². The third-order valence-electron chi connectivity index (χ3n) is 4.39. The quantitative estimate of drug-likeness (QED) is 0.589. The minimum Gasteiger partial charge on any atom is -0.506 e. The van der Waals surface area contributed by atoms with Crippen LogP contribution in [0.4, 0.5) is 11.5 Å². The SMILES string of the molecule is CCS(=O)(=O)c1ccc(O)c(Nc2nc(CCN(C)C)nc3ccccc23)c1. The number of aromatic hydroxyl groups is 1. The van der Waals surface area contributed by atoms with E-state index < -0.39 is 9.84 Å². The molecule has 0 aliphatic rings. The van der Waals surface area contributed by atoms with Gasteiger partial charge in [0.25, 0.3) is 0 Å². The second-order valence-electron chi connectivity index (χ2n) is 6.77. The monoisotopic (exact) mass is 400 g/mol. The summed E-state index contributed by atoms with van der Waals surface area (Å²) in [6.07, 6.45) is 0.669. The highest BCUT2D eigenvalue weighted by atomic mass is 32.2. The average molecular weight is 401 g/mol. The molecule has 3 rings (SSSR count). The van der Waals surface area contributed by atoms with Crippen LogP contribution in [-0.4, -0.2) is 54.8 Å². The van der Waals surface area contributed by atoms with Gasteiger partial charge in [0.1, 0.15) is 17.4 Å². The molecule has 0 saturated carbocycles. The van der Waals surface area contributed by atoms with E-state index in [1.807, 2.05) is 38.4 Å². The van der Waals surface area contributed by atoms with Gasteiger partial charge in [-0.15, -0.1) is 0 Å². The molecule has 0 amide bonds. The maximum atomic E-state index is 12.2. The summed E-state index contributed by atoms with van der Waals surface area (Å²) in [4.78, 5) is 11.4. The Hall–Kier alpha value is -2.71. The number of aromatic nitrogens is 2. The van der Waals surface area contributed by atoms with Crippen molar-refractivity contribution < 1.29 is 13.5 Å². The molecule has 0 aliphatic heterocycles. The molecule has 28 heavy (non-hydrogen) atoms. The van der Waals surface area contributed by atoms with E-state index >= 15 is 0 Å². The molecule has 7 nitrogen and oxygen atoms in total. The Balaban J connectivity index is 2.05. The van der Waals surface area contributed by atoms with Crippen LogP contribution >= 0.6 is 0 Å². The number of likely N-dealkylation sites (N-methyl/N-ethyl adjacent to an activating group) is 1. The molecule has 1 heterocycles. The van der Waals surface area contributed by atoms with Gasteiger partial charge in [0.2, 0.25) is 0 Å². The van der Waals surface area contributed by atoms with Crippen molar-refractivity contribution in [2.75, 3.05) is 31.7 Å². The Bertz CT molecular complexity index is 1100. The minimum absolute atomic E-state index is 0.0116. The van der Waals surface area contributed by atoms with Crippen molar-refractivity contribution in [2.45, 2.75) is 18.2 Å². The Morgan fingerprint density at radius 3 is 2.57 bits per heavy atom. The molecule has 3 aromatic rings. The third kappa shape index (κ3) is 4.40. The zero-order chi connectivity index (χ0) is 20.3. The van der Waals surface area contributed by atoms with E-state index in [1.54, 1.807) is 6.92 Å². The summed E-state index contributed by atoms with van der Waals surface area (Å²) in [5.41, 5.74) is 1.07. The number of nitrogens with one attached hydrogen (secondary N) is 1. The number of phenolic OH excluding ortho intramolecular Hbond substituents is 1. The van der Waals surface area contributed by atoms with Crippen LogP contribution in [0.1, 0.15) is 12.7 Å². The van der Waals surface area contributed by atoms with Gasteiger partial charge in [0.15, 0.2) is 9.84 Å². The minimum atomic E-state index is -3.39. The van der Waals surface area contributed by atoms with Crippen LogP contribution in [0.2, 0.25) is 0 Å². The molecule has 148 valence electrons. The molecular weight excluding hydrogens is 376 g/mol. The summed E-state index contributed by atoms with van der Waals surface area (Å²) >= 11 is 0. The van der Waals surface area contributed by atoms with Crippen LogP contribution in [0, 0.1) is 0 Å². The van der Waals surface area contributed by atoms with Crippen molar-refractivity contribution in [3.63, 3.8) is 0 Å². The number of sulfone groups is 1. The summed E-state index contributed by atoms with van der Waals surface area (Å²) in [6, 6.07) is 11.8. The van der Waals surface area contributed by atoms with E-state index in [2.05, 4.69) is 20.2 Å². The van der Waals surface area contributed by atoms with Gasteiger partial charge in [0.05, 0.1) is 21.9 Å². The fourth-order valence-electron chi connectivity index (χ4n) is 2.76. The number of anilines is 2. The van der Waals surface area contributed by atoms with Crippen molar-refractivity contribution in [2.24, 2.45) is 0 Å². The smallest absolute Gasteiger partial charge is 0.178 e. The van der Waals surface area contributed by atoms with Crippen molar-refractivity contribution in [1.29, 1.82) is 0 Å². The normalized spacial score (nSPS) is 11.9. The van der Waals surface area contributed by atoms with Crippen molar-refractivity contribution in [3.8, 4) is 5.75 Å². The molecule has 0 saturated heterocycles. The first kappa shape index (κ1) is 20.0. The van der Waals surface area contributed by atoms with Crippen LogP contribution in [0.5, 0.6) is 5.75 Å². The first-order chi connectivity index (χ1) is 13.3. The van der Waals surface area contributed by atoms with Gasteiger partial charge in [-0.1, -0.05) is 19.1 Å². The lowest BCUT2D eigenvalue weighted by Crippen LogP contribution is -2.16. The van der Waals surface area contributed by atoms with Crippen LogP contribution < -0.4 is 5.32 Å². The van der Waals surface area contributed by atoms with E-state index in [-0.39, 0.29) is 22.1 Å². The standard InChI is InChI=1S/C20H24N4O3S/c1-4-28(26,27)14-9-10-18(25)17(13-14)22-20-15-7-5-6-8-16(15)21-19(23-20)11-12-24(2)3/h5-10,13,25H,4,11-12H2,1-3H3,(H,21,22,23). The molecule has 2 N–H and O–H groups in total. The third-order valence-corrected chi connectivity index (χ3v) is 6.12. The van der Waals surface area contributed by atoms with Gasteiger partial charge >= 0.3 is 0 Å². The Morgan fingerprint density at radius 2 is 1.86 bits per heavy atom. The van der Waals surface area contributed by atoms with Crippen LogP contribution in [0.25, 0.3) is 10.9 Å². The molecule has 0 radical (unpaired) electrons. The van der Waals surface area contributed by atoms with Gasteiger partial charge in [-0.05, 0) is 44.4 Å². The molecule has 1 aromatic heterocycles. The fraction of sp³-hybridized carbons (Fsp3) is 0.300. The van der Waals surface area contributed by atoms with E-state index in [0.717, 1.165) is 17.4 Å². The van der Waals surface area contributed by atoms with E-state index in [4.69, 9.17) is 0 Å². The van der Waals surface area contributed by atoms with E-state index in [0.29, 0.717) is 18.1 Å². The van der Waals surface area contributed by atoms with Gasteiger partial charge in [-0.2, -0.15) is 0 Å². The number of benzene rings is 2. The molecule has 0 aliphatic carbocycles. The summed E-state index contributed by atoms with van der Waals surface area (Å²) in [5.74, 6) is 1.14. The Morgan fingerprint density at radius 1 is 1.11 bits per heavy atom. The maximum Gasteiger partial charge on any atom is 0.178 e. The Kier molecular flexibility index (Phi) is 5.81. The van der Waals surface area contributed by atoms with Crippen molar-refractivity contribution in [1.82, 2.24) is 14.9 Å². The van der Waals surface area contributed by atoms with Crippen LogP contribution in [-0.2, 0) is 16.3 Å². The molecule has 0 unspecified atom stereocenters. The number of para-hydroxylation sites is 1. The second kappa shape index (κ2) is 8.12. The molecule has 0 atom stereocenters. The predicted molar refractivity (Wildman–Crippen MR) is 111 cm³/mol. The van der Waals surface area contributed by atoms with Gasteiger partial charge in [0, 0.05) is 18.4 Å². The highest BCUT2D eigenvalue weighted by Gasteiger charge is 2.16. The average Bonchev–Trinajstić information content (AvgIpc) is 2.68. The number of phenols is 1. The molecule has 0 bridgehead atoms. The highest BCUT2D eigenvalue weighted by Crippen LogP contribution is 2.31. The maximum absolute atomic E-state index is 12.2. The molecule has 2 aromatic carbocycles. The summed E-state index contributed by atoms with van der Waals surface area (Å²) < 4.78 is 24.4. The predicted octanol–water partition coefficient (Wildman–Crippen LogP) is 2.98. The largest absolute Gasteiger partial charge is 0.506 e. The molecule has 0 fully saturated rings. The molecule has 0 spiro atoms. The van der Waals surface area contributed by atoms with E-state index in [1.165, 1.54) is 18.2 Å². The van der Waals surface area contributed by atoms with Crippen LogP contribution in [0.3, 0.4) is 0 Å². The first-order valence-corrected chi connectivity index (χ1v) is 10.7. The molecular formula is C20H24N4O3S. The lowest BCUT2D eigenvalue weighted by Gasteiger charge is -2.14. The van der Waals surface area contributed by atoms with Gasteiger partial charge < -0.3 is 15.3 Å². The highest BCUT2D eigenvalue weighted by molar-refractivity contribution is 7.91. The van der Waals surface area contributed by atoms with Gasteiger partial charge in [-0.25, -0.2) is 18.4 Å². The lowest BCUT2D eigenvalue weighted by molar-refractivity contribution is 0.410. The number of hydrogen-bond acceptors (Lipinski definition) is 7. The zero-order valence-corrected chi connectivity index (χ0v) is 17.0. The summed E-state index contributed by atoms with van der Waals surface area (Å²) in [5, 5.41) is 14.1. The van der Waals surface area contributed by atoms with Crippen molar-refractivity contribution >= 4 is 32.2 Å². The first-order valence-electron chi connectivity index (χ1n) is 9.03. The summed E-state index contributed by atoms with van der Waals surface area (Å²) in [6.45, 7) is 2.39. The van der Waals surface area contributed by atoms with E-state index in [9.17, 15) is 13.5 Å². The van der Waals surface area contributed by atoms with Gasteiger partial charge in [-0.3, -0.25) is 0 Å². The topological polar surface area (TPSA) is 95.4 Å². The Labute approximate surface area is 165 Å².